The maximum Gasteiger partial charge on any atom is 0.253 e. The van der Waals surface area contributed by atoms with Crippen LogP contribution in [0.2, 0.25) is 0 Å². The van der Waals surface area contributed by atoms with Crippen molar-refractivity contribution in [2.24, 2.45) is 0 Å². The number of benzene rings is 2. The van der Waals surface area contributed by atoms with Gasteiger partial charge in [-0.2, -0.15) is 4.31 Å². The number of rotatable bonds is 4. The molecule has 28 heavy (non-hydrogen) atoms. The molecule has 0 spiro atoms. The summed E-state index contributed by atoms with van der Waals surface area (Å²) in [7, 11) is -3.64. The summed E-state index contributed by atoms with van der Waals surface area (Å²) in [6.07, 6.45) is 3.28. The van der Waals surface area contributed by atoms with Gasteiger partial charge in [0.05, 0.1) is 0 Å². The van der Waals surface area contributed by atoms with Crippen molar-refractivity contribution in [3.05, 3.63) is 59.0 Å². The average molecular weight is 413 g/mol. The number of thiophene rings is 1. The number of anilines is 1. The van der Waals surface area contributed by atoms with E-state index in [0.717, 1.165) is 23.9 Å². The Kier molecular flexibility index (Phi) is 4.26. The zero-order valence-electron chi connectivity index (χ0n) is 15.2. The maximum atomic E-state index is 13.1. The quantitative estimate of drug-likeness (QED) is 0.709. The third-order valence-electron chi connectivity index (χ3n) is 5.70. The van der Waals surface area contributed by atoms with E-state index in [-0.39, 0.29) is 10.1 Å². The number of nitrogens with one attached hydrogen (secondary N) is 1. The average Bonchev–Trinajstić information content (AvgIpc) is 3.45. The number of carbonyl (C=O) groups is 1. The van der Waals surface area contributed by atoms with Gasteiger partial charge in [-0.1, -0.05) is 30.3 Å². The summed E-state index contributed by atoms with van der Waals surface area (Å²) in [5.41, 5.74) is 3.38. The normalized spacial score (nSPS) is 19.4. The molecule has 0 bridgehead atoms. The Morgan fingerprint density at radius 3 is 2.68 bits per heavy atom. The summed E-state index contributed by atoms with van der Waals surface area (Å²) in [6.45, 7) is 0.377. The molecular formula is C21H20N2O3S2. The summed E-state index contributed by atoms with van der Waals surface area (Å²) in [6, 6.07) is 12.8. The molecule has 0 unspecified atom stereocenters. The predicted molar refractivity (Wildman–Crippen MR) is 111 cm³/mol. The van der Waals surface area contributed by atoms with E-state index in [0.29, 0.717) is 19.4 Å². The molecular weight excluding hydrogens is 392 g/mol. The van der Waals surface area contributed by atoms with Crippen LogP contribution in [-0.2, 0) is 27.7 Å². The van der Waals surface area contributed by atoms with Gasteiger partial charge in [-0.15, -0.1) is 11.3 Å². The third kappa shape index (κ3) is 2.77. The van der Waals surface area contributed by atoms with Crippen molar-refractivity contribution >= 4 is 43.7 Å². The van der Waals surface area contributed by atoms with Gasteiger partial charge in [0.25, 0.3) is 10.0 Å². The van der Waals surface area contributed by atoms with E-state index in [4.69, 9.17) is 0 Å². The minimum atomic E-state index is -3.64. The lowest BCUT2D eigenvalue weighted by Crippen LogP contribution is -2.42. The molecule has 2 aliphatic rings. The molecule has 1 aliphatic heterocycles. The lowest BCUT2D eigenvalue weighted by atomic mass is 10.0. The summed E-state index contributed by atoms with van der Waals surface area (Å²) >= 11 is 1.19. The Morgan fingerprint density at radius 1 is 1.07 bits per heavy atom. The molecule has 1 aliphatic carbocycles. The van der Waals surface area contributed by atoms with Crippen LogP contribution in [0.25, 0.3) is 10.8 Å². The van der Waals surface area contributed by atoms with Gasteiger partial charge in [0.2, 0.25) is 5.91 Å². The highest BCUT2D eigenvalue weighted by Crippen LogP contribution is 2.36. The fraction of sp³-hybridized carbons (Fsp3) is 0.286. The van der Waals surface area contributed by atoms with Gasteiger partial charge >= 0.3 is 0 Å². The number of sulfonamides is 1. The molecule has 1 saturated heterocycles. The SMILES string of the molecule is O=C(Nc1ccc2c3c(cccc13)CC2)[C@H]1CCCN1S(=O)(=O)c1cccs1. The van der Waals surface area contributed by atoms with Gasteiger partial charge in [-0.3, -0.25) is 4.79 Å². The summed E-state index contributed by atoms with van der Waals surface area (Å²) in [5, 5.41) is 7.02. The molecule has 1 atom stereocenters. The first-order valence-corrected chi connectivity index (χ1v) is 11.8. The van der Waals surface area contributed by atoms with Crippen molar-refractivity contribution in [3.63, 3.8) is 0 Å². The minimum Gasteiger partial charge on any atom is -0.324 e. The van der Waals surface area contributed by atoms with E-state index in [1.54, 1.807) is 17.5 Å². The van der Waals surface area contributed by atoms with Gasteiger partial charge in [0.1, 0.15) is 10.3 Å². The van der Waals surface area contributed by atoms with Crippen LogP contribution in [0.15, 0.2) is 52.1 Å². The van der Waals surface area contributed by atoms with Crippen LogP contribution < -0.4 is 5.32 Å². The van der Waals surface area contributed by atoms with Crippen LogP contribution in [0.5, 0.6) is 0 Å². The Labute approximate surface area is 168 Å². The highest BCUT2D eigenvalue weighted by atomic mass is 32.2. The number of hydrogen-bond donors (Lipinski definition) is 1. The van der Waals surface area contributed by atoms with Crippen molar-refractivity contribution in [1.29, 1.82) is 0 Å². The summed E-state index contributed by atoms with van der Waals surface area (Å²) in [4.78, 5) is 13.1. The Bertz CT molecular complexity index is 1160. The molecule has 5 rings (SSSR count). The van der Waals surface area contributed by atoms with E-state index in [9.17, 15) is 13.2 Å². The van der Waals surface area contributed by atoms with Gasteiger partial charge in [-0.05, 0) is 59.7 Å². The summed E-state index contributed by atoms with van der Waals surface area (Å²) < 4.78 is 27.5. The molecule has 2 heterocycles. The van der Waals surface area contributed by atoms with Crippen molar-refractivity contribution < 1.29 is 13.2 Å². The van der Waals surface area contributed by atoms with Crippen LogP contribution >= 0.6 is 11.3 Å². The molecule has 1 N–H and O–H groups in total. The van der Waals surface area contributed by atoms with Crippen LogP contribution in [0.4, 0.5) is 5.69 Å². The largest absolute Gasteiger partial charge is 0.324 e. The second kappa shape index (κ2) is 6.69. The first kappa shape index (κ1) is 17.8. The fourth-order valence-electron chi connectivity index (χ4n) is 4.39. The van der Waals surface area contributed by atoms with Crippen LogP contribution in [0.3, 0.4) is 0 Å². The van der Waals surface area contributed by atoms with Gasteiger partial charge in [0, 0.05) is 17.6 Å². The van der Waals surface area contributed by atoms with E-state index < -0.39 is 16.1 Å². The number of aryl methyl sites for hydroxylation is 2. The fourth-order valence-corrected chi connectivity index (χ4v) is 7.16. The van der Waals surface area contributed by atoms with E-state index >= 15 is 0 Å². The van der Waals surface area contributed by atoms with Crippen molar-refractivity contribution in [1.82, 2.24) is 4.31 Å². The maximum absolute atomic E-state index is 13.1. The smallest absolute Gasteiger partial charge is 0.253 e. The highest BCUT2D eigenvalue weighted by molar-refractivity contribution is 7.91. The van der Waals surface area contributed by atoms with Crippen LogP contribution in [0, 0.1) is 0 Å². The van der Waals surface area contributed by atoms with Crippen molar-refractivity contribution in [2.75, 3.05) is 11.9 Å². The number of amides is 1. The predicted octanol–water partition coefficient (Wildman–Crippen LogP) is 3.79. The van der Waals surface area contributed by atoms with Crippen LogP contribution in [-0.4, -0.2) is 31.2 Å². The lowest BCUT2D eigenvalue weighted by Gasteiger charge is -2.23. The zero-order valence-corrected chi connectivity index (χ0v) is 16.9. The molecule has 1 fully saturated rings. The van der Waals surface area contributed by atoms with Crippen molar-refractivity contribution in [3.8, 4) is 0 Å². The third-order valence-corrected chi connectivity index (χ3v) is 8.98. The Balaban J connectivity index is 1.46. The molecule has 1 amide bonds. The molecule has 0 saturated carbocycles. The number of carbonyl (C=O) groups excluding carboxylic acids is 1. The second-order valence-electron chi connectivity index (χ2n) is 7.31. The highest BCUT2D eigenvalue weighted by Gasteiger charge is 2.40. The van der Waals surface area contributed by atoms with E-state index in [1.807, 2.05) is 18.2 Å². The first-order chi connectivity index (χ1) is 13.6. The molecule has 144 valence electrons. The van der Waals surface area contributed by atoms with Crippen LogP contribution in [0.1, 0.15) is 24.0 Å². The molecule has 0 radical (unpaired) electrons. The van der Waals surface area contributed by atoms with Crippen molar-refractivity contribution in [2.45, 2.75) is 35.9 Å². The molecule has 1 aromatic heterocycles. The minimum absolute atomic E-state index is 0.253. The van der Waals surface area contributed by atoms with Gasteiger partial charge < -0.3 is 5.32 Å². The topological polar surface area (TPSA) is 66.5 Å². The van der Waals surface area contributed by atoms with E-state index in [1.165, 1.54) is 32.2 Å². The molecule has 7 heteroatoms. The van der Waals surface area contributed by atoms with Gasteiger partial charge in [0.15, 0.2) is 0 Å². The Hall–Kier alpha value is -2.22. The molecule has 3 aromatic rings. The van der Waals surface area contributed by atoms with Gasteiger partial charge in [-0.25, -0.2) is 8.42 Å². The number of hydrogen-bond acceptors (Lipinski definition) is 4. The molecule has 5 nitrogen and oxygen atoms in total. The monoisotopic (exact) mass is 412 g/mol. The zero-order chi connectivity index (χ0) is 19.3. The van der Waals surface area contributed by atoms with E-state index in [2.05, 4.69) is 17.4 Å². The number of nitrogens with zero attached hydrogens (tertiary/aromatic N) is 1. The summed E-state index contributed by atoms with van der Waals surface area (Å²) in [5.74, 6) is -0.253. The Morgan fingerprint density at radius 2 is 1.89 bits per heavy atom. The standard InChI is InChI=1S/C21H20N2O3S2/c24-21(18-6-2-12-23(18)28(25,26)19-7-3-13-27-19)22-17-11-10-15-9-8-14-4-1-5-16(17)20(14)15/h1,3-5,7,10-11,13,18H,2,6,8-9,12H2,(H,22,24)/t18-/m1/s1. The first-order valence-electron chi connectivity index (χ1n) is 9.45. The lowest BCUT2D eigenvalue weighted by molar-refractivity contribution is -0.119. The molecule has 2 aromatic carbocycles. The second-order valence-corrected chi connectivity index (χ2v) is 10.4.